The van der Waals surface area contributed by atoms with Crippen molar-refractivity contribution in [1.82, 2.24) is 14.7 Å². The highest BCUT2D eigenvalue weighted by Crippen LogP contribution is 2.35. The zero-order valence-corrected chi connectivity index (χ0v) is 21.7. The van der Waals surface area contributed by atoms with Gasteiger partial charge in [0, 0.05) is 30.8 Å². The number of halogens is 1. The minimum atomic E-state index is -0.580. The smallest absolute Gasteiger partial charge is 0.410 e. The van der Waals surface area contributed by atoms with Gasteiger partial charge in [0.25, 0.3) is 5.91 Å². The maximum Gasteiger partial charge on any atom is 0.410 e. The van der Waals surface area contributed by atoms with Crippen LogP contribution in [0.5, 0.6) is 11.5 Å². The molecule has 0 bridgehead atoms. The summed E-state index contributed by atoms with van der Waals surface area (Å²) >= 11 is 0. The van der Waals surface area contributed by atoms with Crippen LogP contribution in [-0.2, 0) is 4.74 Å². The fourth-order valence-electron chi connectivity index (χ4n) is 4.72. The van der Waals surface area contributed by atoms with E-state index >= 15 is 0 Å². The Labute approximate surface area is 220 Å². The van der Waals surface area contributed by atoms with Gasteiger partial charge in [-0.25, -0.2) is 13.9 Å². The number of piperidine rings is 1. The second kappa shape index (κ2) is 10.4. The molecule has 1 saturated heterocycles. The fraction of sp³-hybridized carbons (Fsp3) is 0.393. The van der Waals surface area contributed by atoms with Crippen LogP contribution in [0.4, 0.5) is 14.9 Å². The lowest BCUT2D eigenvalue weighted by Gasteiger charge is -2.34. The molecular formula is C28H31FN4O5. The summed E-state index contributed by atoms with van der Waals surface area (Å²) in [5, 5.41) is 7.41. The van der Waals surface area contributed by atoms with Crippen LogP contribution in [0, 0.1) is 5.82 Å². The van der Waals surface area contributed by atoms with Crippen molar-refractivity contribution in [3.05, 3.63) is 65.7 Å². The molecule has 0 spiro atoms. The van der Waals surface area contributed by atoms with Crippen molar-refractivity contribution in [2.24, 2.45) is 0 Å². The highest BCUT2D eigenvalue weighted by molar-refractivity contribution is 6.05. The number of nitrogens with one attached hydrogen (secondary N) is 1. The summed E-state index contributed by atoms with van der Waals surface area (Å²) in [5.74, 6) is 0.380. The van der Waals surface area contributed by atoms with E-state index in [0.717, 1.165) is 0 Å². The minimum Gasteiger partial charge on any atom is -0.486 e. The zero-order chi connectivity index (χ0) is 26.9. The molecule has 9 nitrogen and oxygen atoms in total. The van der Waals surface area contributed by atoms with Gasteiger partial charge in [-0.05, 0) is 63.9 Å². The molecule has 10 heteroatoms. The van der Waals surface area contributed by atoms with Crippen LogP contribution in [0.3, 0.4) is 0 Å². The molecule has 2 aromatic carbocycles. The highest BCUT2D eigenvalue weighted by atomic mass is 19.1. The molecule has 1 aromatic heterocycles. The number of anilines is 1. The third-order valence-corrected chi connectivity index (χ3v) is 6.44. The van der Waals surface area contributed by atoms with Gasteiger partial charge in [0.1, 0.15) is 24.6 Å². The van der Waals surface area contributed by atoms with Crippen LogP contribution in [0.25, 0.3) is 5.69 Å². The van der Waals surface area contributed by atoms with Crippen LogP contribution in [0.15, 0.2) is 48.7 Å². The van der Waals surface area contributed by atoms with E-state index in [4.69, 9.17) is 14.2 Å². The first-order chi connectivity index (χ1) is 18.2. The second-order valence-corrected chi connectivity index (χ2v) is 10.4. The molecule has 2 aliphatic heterocycles. The van der Waals surface area contributed by atoms with Crippen LogP contribution in [0.1, 0.15) is 55.6 Å². The number of carbonyl (C=O) groups excluding carboxylic acids is 2. The molecule has 1 fully saturated rings. The maximum atomic E-state index is 14.1. The first kappa shape index (κ1) is 25.6. The normalized spacial score (nSPS) is 15.7. The number of fused-ring (bicyclic) bond motifs is 1. The van der Waals surface area contributed by atoms with Gasteiger partial charge < -0.3 is 24.4 Å². The number of aromatic nitrogens is 2. The lowest BCUT2D eigenvalue weighted by Crippen LogP contribution is -2.41. The molecule has 3 heterocycles. The largest absolute Gasteiger partial charge is 0.486 e. The Morgan fingerprint density at radius 2 is 1.79 bits per heavy atom. The van der Waals surface area contributed by atoms with Crippen molar-refractivity contribution in [2.75, 3.05) is 31.6 Å². The van der Waals surface area contributed by atoms with Crippen molar-refractivity contribution in [3.8, 4) is 17.2 Å². The SMILES string of the molecule is CC(C)(C)OC(=O)N1CCC(c2c(C(=O)Nc3ccc4c(c3)OCCO4)cnn2-c2cccc(F)c2)CC1. The lowest BCUT2D eigenvalue weighted by atomic mass is 9.90. The van der Waals surface area contributed by atoms with Crippen molar-refractivity contribution in [1.29, 1.82) is 0 Å². The van der Waals surface area contributed by atoms with E-state index in [1.807, 2.05) is 20.8 Å². The summed E-state index contributed by atoms with van der Waals surface area (Å²) in [5.41, 5.74) is 1.56. The van der Waals surface area contributed by atoms with E-state index in [1.54, 1.807) is 39.9 Å². The third-order valence-electron chi connectivity index (χ3n) is 6.44. The summed E-state index contributed by atoms with van der Waals surface area (Å²) in [6.45, 7) is 7.37. The van der Waals surface area contributed by atoms with E-state index in [-0.39, 0.29) is 17.9 Å². The predicted octanol–water partition coefficient (Wildman–Crippen LogP) is 5.15. The molecule has 0 radical (unpaired) electrons. The van der Waals surface area contributed by atoms with Gasteiger partial charge in [-0.3, -0.25) is 4.79 Å². The molecule has 0 unspecified atom stereocenters. The van der Waals surface area contributed by atoms with Crippen LogP contribution < -0.4 is 14.8 Å². The van der Waals surface area contributed by atoms with Gasteiger partial charge in [0.05, 0.1) is 23.1 Å². The summed E-state index contributed by atoms with van der Waals surface area (Å²) in [7, 11) is 0. The summed E-state index contributed by atoms with van der Waals surface area (Å²) in [4.78, 5) is 27.7. The Bertz CT molecular complexity index is 1340. The van der Waals surface area contributed by atoms with Crippen LogP contribution in [-0.4, -0.2) is 58.6 Å². The van der Waals surface area contributed by atoms with Gasteiger partial charge in [-0.15, -0.1) is 0 Å². The van der Waals surface area contributed by atoms with E-state index < -0.39 is 11.4 Å². The predicted molar refractivity (Wildman–Crippen MR) is 139 cm³/mol. The van der Waals surface area contributed by atoms with E-state index in [0.29, 0.717) is 73.3 Å². The molecule has 3 aromatic rings. The molecular weight excluding hydrogens is 491 g/mol. The Morgan fingerprint density at radius 3 is 2.50 bits per heavy atom. The number of amides is 2. The van der Waals surface area contributed by atoms with Crippen molar-refractivity contribution in [2.45, 2.75) is 45.1 Å². The molecule has 2 aliphatic rings. The number of hydrogen-bond donors (Lipinski definition) is 1. The number of rotatable bonds is 4. The number of ether oxygens (including phenoxy) is 3. The van der Waals surface area contributed by atoms with E-state index in [1.165, 1.54) is 18.3 Å². The first-order valence-electron chi connectivity index (χ1n) is 12.7. The van der Waals surface area contributed by atoms with Gasteiger partial charge >= 0.3 is 6.09 Å². The zero-order valence-electron chi connectivity index (χ0n) is 21.7. The number of likely N-dealkylation sites (tertiary alicyclic amines) is 1. The summed E-state index contributed by atoms with van der Waals surface area (Å²) in [6.07, 6.45) is 2.36. The Morgan fingerprint density at radius 1 is 1.05 bits per heavy atom. The Kier molecular flexibility index (Phi) is 6.96. The van der Waals surface area contributed by atoms with Crippen molar-refractivity contribution >= 4 is 17.7 Å². The number of carbonyl (C=O) groups is 2. The quantitative estimate of drug-likeness (QED) is 0.509. The minimum absolute atomic E-state index is 0.0829. The summed E-state index contributed by atoms with van der Waals surface area (Å²) in [6, 6.07) is 11.3. The number of benzene rings is 2. The molecule has 0 aliphatic carbocycles. The third kappa shape index (κ3) is 5.58. The van der Waals surface area contributed by atoms with E-state index in [2.05, 4.69) is 10.4 Å². The summed E-state index contributed by atoms with van der Waals surface area (Å²) < 4.78 is 32.4. The molecule has 5 rings (SSSR count). The van der Waals surface area contributed by atoms with Crippen molar-refractivity contribution < 1.29 is 28.2 Å². The van der Waals surface area contributed by atoms with Gasteiger partial charge in [0.2, 0.25) is 0 Å². The highest BCUT2D eigenvalue weighted by Gasteiger charge is 2.32. The molecule has 2 amide bonds. The standard InChI is InChI=1S/C28H31FN4O5/c1-28(2,3)38-27(35)32-11-9-18(10-12-32)25-22(17-30-33(25)21-6-4-5-19(29)15-21)26(34)31-20-7-8-23-24(16-20)37-14-13-36-23/h4-8,15-18H,9-14H2,1-3H3,(H,31,34). The van der Waals surface area contributed by atoms with Gasteiger partial charge in [-0.1, -0.05) is 6.07 Å². The Hall–Kier alpha value is -4.08. The van der Waals surface area contributed by atoms with Crippen molar-refractivity contribution in [3.63, 3.8) is 0 Å². The molecule has 1 N–H and O–H groups in total. The van der Waals surface area contributed by atoms with E-state index in [9.17, 15) is 14.0 Å². The number of hydrogen-bond acceptors (Lipinski definition) is 6. The Balaban J connectivity index is 1.41. The molecule has 0 saturated carbocycles. The van der Waals surface area contributed by atoms with Crippen LogP contribution in [0.2, 0.25) is 0 Å². The average molecular weight is 523 g/mol. The van der Waals surface area contributed by atoms with Gasteiger partial charge in [0.15, 0.2) is 11.5 Å². The number of nitrogens with zero attached hydrogens (tertiary/aromatic N) is 3. The van der Waals surface area contributed by atoms with Gasteiger partial charge in [-0.2, -0.15) is 5.10 Å². The first-order valence-corrected chi connectivity index (χ1v) is 12.7. The molecule has 200 valence electrons. The average Bonchev–Trinajstić information content (AvgIpc) is 3.33. The lowest BCUT2D eigenvalue weighted by molar-refractivity contribution is 0.0203. The molecule has 38 heavy (non-hydrogen) atoms. The second-order valence-electron chi connectivity index (χ2n) is 10.4. The monoisotopic (exact) mass is 522 g/mol. The van der Waals surface area contributed by atoms with Crippen LogP contribution >= 0.6 is 0 Å². The topological polar surface area (TPSA) is 94.9 Å². The fourth-order valence-corrected chi connectivity index (χ4v) is 4.72. The molecule has 0 atom stereocenters. The maximum absolute atomic E-state index is 14.1.